The molecule has 1 aromatic carbocycles. The van der Waals surface area contributed by atoms with E-state index in [0.29, 0.717) is 0 Å². The Morgan fingerprint density at radius 2 is 1.96 bits per heavy atom. The van der Waals surface area contributed by atoms with Gasteiger partial charge >= 0.3 is 0 Å². The fraction of sp³-hybridized carbons (Fsp3) is 0.412. The number of amides is 1. The van der Waals surface area contributed by atoms with Gasteiger partial charge in [0.05, 0.1) is 12.4 Å². The van der Waals surface area contributed by atoms with Crippen molar-refractivity contribution in [2.45, 2.75) is 43.6 Å². The van der Waals surface area contributed by atoms with Gasteiger partial charge in [0.15, 0.2) is 5.16 Å². The summed E-state index contributed by atoms with van der Waals surface area (Å²) in [5, 5.41) is 3.55. The highest BCUT2D eigenvalue weighted by atomic mass is 32.2. The Hall–Kier alpha value is -1.95. The zero-order chi connectivity index (χ0) is 17.0. The summed E-state index contributed by atoms with van der Waals surface area (Å²) < 4.78 is 7.14. The minimum absolute atomic E-state index is 0.00628. The van der Waals surface area contributed by atoms with Gasteiger partial charge in [-0.15, -0.1) is 0 Å². The van der Waals surface area contributed by atoms with Crippen LogP contribution in [0.4, 0.5) is 0 Å². The Kier molecular flexibility index (Phi) is 5.36. The lowest BCUT2D eigenvalue weighted by atomic mass is 10.1. The summed E-state index contributed by atoms with van der Waals surface area (Å²) >= 11 is 1.44. The van der Waals surface area contributed by atoms with Crippen molar-refractivity contribution in [2.75, 3.05) is 7.11 Å². The van der Waals surface area contributed by atoms with Crippen molar-refractivity contribution >= 4 is 17.7 Å². The Labute approximate surface area is 141 Å². The topological polar surface area (TPSA) is 56.2 Å². The van der Waals surface area contributed by atoms with Crippen molar-refractivity contribution in [3.05, 3.63) is 36.7 Å². The summed E-state index contributed by atoms with van der Waals surface area (Å²) in [5.74, 6) is 0.813. The van der Waals surface area contributed by atoms with Crippen LogP contribution in [0.5, 0.6) is 5.75 Å². The Morgan fingerprint density at radius 3 is 2.52 bits per heavy atom. The van der Waals surface area contributed by atoms with Gasteiger partial charge in [-0.25, -0.2) is 4.98 Å². The summed E-state index contributed by atoms with van der Waals surface area (Å²) in [7, 11) is 1.64. The number of benzene rings is 1. The number of nitrogens with zero attached hydrogens (tertiary/aromatic N) is 2. The molecule has 1 amide bonds. The molecule has 0 saturated carbocycles. The van der Waals surface area contributed by atoms with Crippen molar-refractivity contribution in [1.82, 2.24) is 14.9 Å². The third-order valence-electron chi connectivity index (χ3n) is 3.11. The van der Waals surface area contributed by atoms with Crippen LogP contribution in [0.25, 0.3) is 5.69 Å². The van der Waals surface area contributed by atoms with Crippen LogP contribution in [-0.4, -0.2) is 33.4 Å². The van der Waals surface area contributed by atoms with Crippen LogP contribution < -0.4 is 10.1 Å². The molecule has 1 heterocycles. The van der Waals surface area contributed by atoms with E-state index in [-0.39, 0.29) is 16.7 Å². The maximum Gasteiger partial charge on any atom is 0.233 e. The molecule has 23 heavy (non-hydrogen) atoms. The van der Waals surface area contributed by atoms with Crippen LogP contribution in [0, 0.1) is 0 Å². The number of imidazole rings is 1. The standard InChI is InChI=1S/C17H23N3O2S/c1-12(15(21)19-17(2,3)4)23-16-18-10-11-20(16)13-6-8-14(22-5)9-7-13/h6-12H,1-5H3,(H,19,21). The second kappa shape index (κ2) is 7.08. The Morgan fingerprint density at radius 1 is 1.30 bits per heavy atom. The smallest absolute Gasteiger partial charge is 0.233 e. The highest BCUT2D eigenvalue weighted by Crippen LogP contribution is 2.26. The first kappa shape index (κ1) is 17.4. The molecule has 0 saturated heterocycles. The molecular formula is C17H23N3O2S. The molecule has 6 heteroatoms. The number of carbonyl (C=O) groups excluding carboxylic acids is 1. The fourth-order valence-electron chi connectivity index (χ4n) is 2.00. The number of methoxy groups -OCH3 is 1. The normalized spacial score (nSPS) is 12.7. The van der Waals surface area contributed by atoms with Gasteiger partial charge in [-0.05, 0) is 52.0 Å². The first-order valence-corrected chi connectivity index (χ1v) is 8.34. The number of hydrogen-bond acceptors (Lipinski definition) is 4. The lowest BCUT2D eigenvalue weighted by molar-refractivity contribution is -0.121. The zero-order valence-electron chi connectivity index (χ0n) is 14.2. The van der Waals surface area contributed by atoms with Gasteiger partial charge in [0.25, 0.3) is 0 Å². The van der Waals surface area contributed by atoms with Crippen molar-refractivity contribution in [3.63, 3.8) is 0 Å². The third kappa shape index (κ3) is 4.76. The average Bonchev–Trinajstić information content (AvgIpc) is 2.93. The predicted octanol–water partition coefficient (Wildman–Crippen LogP) is 3.28. The van der Waals surface area contributed by atoms with Crippen LogP contribution >= 0.6 is 11.8 Å². The SMILES string of the molecule is COc1ccc(-n2ccnc2SC(C)C(=O)NC(C)(C)C)cc1. The molecule has 1 unspecified atom stereocenters. The number of ether oxygens (including phenoxy) is 1. The molecule has 2 aromatic rings. The molecule has 0 fully saturated rings. The number of nitrogens with one attached hydrogen (secondary N) is 1. The first-order chi connectivity index (χ1) is 10.8. The van der Waals surface area contributed by atoms with Gasteiger partial charge in [-0.2, -0.15) is 0 Å². The number of rotatable bonds is 5. The van der Waals surface area contributed by atoms with E-state index in [1.165, 1.54) is 11.8 Å². The van der Waals surface area contributed by atoms with Crippen molar-refractivity contribution < 1.29 is 9.53 Å². The second-order valence-corrected chi connectivity index (χ2v) is 7.59. The zero-order valence-corrected chi connectivity index (χ0v) is 15.0. The van der Waals surface area contributed by atoms with Crippen molar-refractivity contribution in [3.8, 4) is 11.4 Å². The van der Waals surface area contributed by atoms with Crippen LogP contribution in [-0.2, 0) is 4.79 Å². The molecule has 1 N–H and O–H groups in total. The molecule has 1 atom stereocenters. The quantitative estimate of drug-likeness (QED) is 0.853. The molecule has 0 radical (unpaired) electrons. The van der Waals surface area contributed by atoms with Gasteiger partial charge in [-0.1, -0.05) is 11.8 Å². The highest BCUT2D eigenvalue weighted by Gasteiger charge is 2.21. The summed E-state index contributed by atoms with van der Waals surface area (Å²) in [4.78, 5) is 16.6. The largest absolute Gasteiger partial charge is 0.497 e. The number of hydrogen-bond donors (Lipinski definition) is 1. The van der Waals surface area contributed by atoms with Crippen molar-refractivity contribution in [1.29, 1.82) is 0 Å². The van der Waals surface area contributed by atoms with Crippen LogP contribution in [0.1, 0.15) is 27.7 Å². The van der Waals surface area contributed by atoms with Gasteiger partial charge in [0.2, 0.25) is 5.91 Å². The molecule has 1 aromatic heterocycles. The predicted molar refractivity (Wildman–Crippen MR) is 93.3 cm³/mol. The van der Waals surface area contributed by atoms with E-state index in [4.69, 9.17) is 4.74 Å². The minimum Gasteiger partial charge on any atom is -0.497 e. The van der Waals surface area contributed by atoms with Gasteiger partial charge < -0.3 is 10.1 Å². The average molecular weight is 333 g/mol. The number of thioether (sulfide) groups is 1. The number of carbonyl (C=O) groups is 1. The lowest BCUT2D eigenvalue weighted by Crippen LogP contribution is -2.44. The molecule has 0 bridgehead atoms. The van der Waals surface area contributed by atoms with Gasteiger partial charge in [0.1, 0.15) is 5.75 Å². The Balaban J connectivity index is 2.13. The van der Waals surface area contributed by atoms with E-state index in [1.54, 1.807) is 13.3 Å². The molecular weight excluding hydrogens is 310 g/mol. The van der Waals surface area contributed by atoms with Crippen LogP contribution in [0.15, 0.2) is 41.8 Å². The molecule has 0 aliphatic carbocycles. The molecule has 5 nitrogen and oxygen atoms in total. The summed E-state index contributed by atoms with van der Waals surface area (Å²) in [6.45, 7) is 7.81. The first-order valence-electron chi connectivity index (χ1n) is 7.46. The fourth-order valence-corrected chi connectivity index (χ4v) is 2.88. The van der Waals surface area contributed by atoms with Crippen LogP contribution in [0.2, 0.25) is 0 Å². The third-order valence-corrected chi connectivity index (χ3v) is 4.19. The molecule has 0 aliphatic heterocycles. The van der Waals surface area contributed by atoms with Gasteiger partial charge in [0, 0.05) is 23.6 Å². The van der Waals surface area contributed by atoms with E-state index in [2.05, 4.69) is 10.3 Å². The van der Waals surface area contributed by atoms with E-state index in [0.717, 1.165) is 16.6 Å². The van der Waals surface area contributed by atoms with Gasteiger partial charge in [-0.3, -0.25) is 9.36 Å². The Bertz CT molecular complexity index is 659. The molecule has 0 aliphatic rings. The summed E-state index contributed by atoms with van der Waals surface area (Å²) in [6, 6.07) is 7.73. The van der Waals surface area contributed by atoms with Crippen molar-refractivity contribution in [2.24, 2.45) is 0 Å². The highest BCUT2D eigenvalue weighted by molar-refractivity contribution is 8.00. The summed E-state index contributed by atoms with van der Waals surface area (Å²) in [5.41, 5.74) is 0.742. The summed E-state index contributed by atoms with van der Waals surface area (Å²) in [6.07, 6.45) is 3.62. The van der Waals surface area contributed by atoms with E-state index in [1.807, 2.05) is 62.7 Å². The molecule has 124 valence electrons. The van der Waals surface area contributed by atoms with Crippen LogP contribution in [0.3, 0.4) is 0 Å². The number of aromatic nitrogens is 2. The minimum atomic E-state index is -0.239. The maximum atomic E-state index is 12.2. The maximum absolute atomic E-state index is 12.2. The molecule has 0 spiro atoms. The monoisotopic (exact) mass is 333 g/mol. The van der Waals surface area contributed by atoms with E-state index >= 15 is 0 Å². The van der Waals surface area contributed by atoms with E-state index < -0.39 is 0 Å². The molecule has 2 rings (SSSR count). The second-order valence-electron chi connectivity index (χ2n) is 6.28. The lowest BCUT2D eigenvalue weighted by Gasteiger charge is -2.23. The van der Waals surface area contributed by atoms with E-state index in [9.17, 15) is 4.79 Å².